The third-order valence-corrected chi connectivity index (χ3v) is 4.88. The summed E-state index contributed by atoms with van der Waals surface area (Å²) >= 11 is 2.96. The van der Waals surface area contributed by atoms with Gasteiger partial charge in [-0.05, 0) is 21.8 Å². The Bertz CT molecular complexity index is 690. The van der Waals surface area contributed by atoms with Gasteiger partial charge in [0.2, 0.25) is 0 Å². The first-order valence-corrected chi connectivity index (χ1v) is 8.85. The van der Waals surface area contributed by atoms with Crippen LogP contribution < -0.4 is 5.32 Å². The maximum Gasteiger partial charge on any atom is 0.271 e. The molecule has 0 unspecified atom stereocenters. The Morgan fingerprint density at radius 3 is 2.48 bits per heavy atom. The number of carbonyl (C=O) groups excluding carboxylic acids is 1. The van der Waals surface area contributed by atoms with E-state index in [0.29, 0.717) is 6.54 Å². The average molecular weight is 400 g/mol. The van der Waals surface area contributed by atoms with Gasteiger partial charge >= 0.3 is 0 Å². The topological polar surface area (TPSA) is 106 Å². The number of non-ortho nitro benzene ring substituents is 1. The number of nitro groups is 1. The van der Waals surface area contributed by atoms with Crippen LogP contribution in [0.15, 0.2) is 21.5 Å². The van der Waals surface area contributed by atoms with E-state index in [2.05, 4.69) is 21.2 Å². The number of nitrogens with zero attached hydrogens (tertiary/aromatic N) is 1. The Balaban J connectivity index is 3.41. The molecule has 1 aromatic rings. The molecule has 0 aliphatic heterocycles. The molecule has 0 saturated carbocycles. The van der Waals surface area contributed by atoms with Crippen molar-refractivity contribution in [2.75, 3.05) is 6.54 Å². The van der Waals surface area contributed by atoms with Gasteiger partial charge in [0, 0.05) is 29.4 Å². The van der Waals surface area contributed by atoms with Gasteiger partial charge in [0.25, 0.3) is 20.6 Å². The van der Waals surface area contributed by atoms with E-state index in [9.17, 15) is 23.3 Å². The molecule has 0 atom stereocenters. The van der Waals surface area contributed by atoms with Gasteiger partial charge in [-0.1, -0.05) is 13.8 Å². The predicted octanol–water partition coefficient (Wildman–Crippen LogP) is 2.67. The fourth-order valence-electron chi connectivity index (χ4n) is 1.42. The van der Waals surface area contributed by atoms with Gasteiger partial charge in [-0.15, -0.1) is 0 Å². The monoisotopic (exact) mass is 398 g/mol. The van der Waals surface area contributed by atoms with E-state index in [4.69, 9.17) is 10.7 Å². The van der Waals surface area contributed by atoms with Crippen molar-refractivity contribution in [3.05, 3.63) is 32.3 Å². The highest BCUT2D eigenvalue weighted by molar-refractivity contribution is 9.10. The van der Waals surface area contributed by atoms with E-state index >= 15 is 0 Å². The van der Waals surface area contributed by atoms with E-state index in [-0.39, 0.29) is 16.0 Å². The van der Waals surface area contributed by atoms with Crippen molar-refractivity contribution in [1.82, 2.24) is 5.32 Å². The summed E-state index contributed by atoms with van der Waals surface area (Å²) in [5.74, 6) is -0.455. The van der Waals surface area contributed by atoms with Gasteiger partial charge in [-0.2, -0.15) is 0 Å². The summed E-state index contributed by atoms with van der Waals surface area (Å²) in [4.78, 5) is 21.6. The lowest BCUT2D eigenvalue weighted by atomic mass is 10.1. The van der Waals surface area contributed by atoms with Crippen LogP contribution >= 0.6 is 26.6 Å². The molecule has 1 aromatic carbocycles. The molecule has 0 heterocycles. The zero-order valence-corrected chi connectivity index (χ0v) is 14.3. The second-order valence-corrected chi connectivity index (χ2v) is 7.93. The van der Waals surface area contributed by atoms with Crippen LogP contribution in [0.1, 0.15) is 24.2 Å². The highest BCUT2D eigenvalue weighted by Crippen LogP contribution is 2.32. The van der Waals surface area contributed by atoms with Gasteiger partial charge < -0.3 is 5.32 Å². The number of amides is 1. The standard InChI is InChI=1S/C11H12BrClN2O5S/c1-6(2)5-14-11(16)8-3-7(15(17)18)4-9(10(8)12)21(13,19)20/h3-4,6H,5H2,1-2H3,(H,14,16). The first-order valence-electron chi connectivity index (χ1n) is 5.74. The van der Waals surface area contributed by atoms with Crippen LogP contribution in [0.5, 0.6) is 0 Å². The van der Waals surface area contributed by atoms with Crippen LogP contribution in [0.3, 0.4) is 0 Å². The molecule has 0 bridgehead atoms. The van der Waals surface area contributed by atoms with E-state index in [1.807, 2.05) is 13.8 Å². The maximum absolute atomic E-state index is 12.0. The molecular weight excluding hydrogens is 388 g/mol. The second-order valence-electron chi connectivity index (χ2n) is 4.60. The highest BCUT2D eigenvalue weighted by Gasteiger charge is 2.25. The summed E-state index contributed by atoms with van der Waals surface area (Å²) in [7, 11) is 0.997. The minimum atomic E-state index is -4.24. The fourth-order valence-corrected chi connectivity index (χ4v) is 3.70. The lowest BCUT2D eigenvalue weighted by Crippen LogP contribution is -2.28. The summed E-state index contributed by atoms with van der Waals surface area (Å²) in [5.41, 5.74) is -0.698. The van der Waals surface area contributed by atoms with Crippen LogP contribution in [0, 0.1) is 16.0 Å². The first kappa shape index (κ1) is 17.9. The van der Waals surface area contributed by atoms with Crippen molar-refractivity contribution in [2.24, 2.45) is 5.92 Å². The summed E-state index contributed by atoms with van der Waals surface area (Å²) < 4.78 is 22.8. The van der Waals surface area contributed by atoms with Crippen molar-refractivity contribution >= 4 is 47.3 Å². The van der Waals surface area contributed by atoms with Crippen LogP contribution in [-0.2, 0) is 9.05 Å². The Labute approximate surface area is 134 Å². The Morgan fingerprint density at radius 2 is 2.05 bits per heavy atom. The molecule has 1 amide bonds. The molecule has 0 aliphatic rings. The SMILES string of the molecule is CC(C)CNC(=O)c1cc([N+](=O)[O-])cc(S(=O)(=O)Cl)c1Br. The summed E-state index contributed by atoms with van der Waals surface area (Å²) in [5, 5.41) is 13.4. The van der Waals surface area contributed by atoms with Crippen LogP contribution in [0.4, 0.5) is 5.69 Å². The molecule has 0 aliphatic carbocycles. The van der Waals surface area contributed by atoms with Crippen LogP contribution in [-0.4, -0.2) is 25.8 Å². The molecule has 0 spiro atoms. The molecule has 7 nitrogen and oxygen atoms in total. The van der Waals surface area contributed by atoms with Crippen LogP contribution in [0.2, 0.25) is 0 Å². The number of hydrogen-bond acceptors (Lipinski definition) is 5. The molecule has 21 heavy (non-hydrogen) atoms. The van der Waals surface area contributed by atoms with Crippen molar-refractivity contribution in [3.8, 4) is 0 Å². The third-order valence-electron chi connectivity index (χ3n) is 2.41. The normalized spacial score (nSPS) is 11.5. The zero-order valence-electron chi connectivity index (χ0n) is 11.1. The van der Waals surface area contributed by atoms with E-state index in [0.717, 1.165) is 12.1 Å². The molecule has 0 aromatic heterocycles. The number of carbonyl (C=O) groups is 1. The number of nitro benzene ring substituents is 1. The first-order chi connectivity index (χ1) is 9.54. The lowest BCUT2D eigenvalue weighted by molar-refractivity contribution is -0.385. The minimum absolute atomic E-state index is 0.107. The minimum Gasteiger partial charge on any atom is -0.352 e. The average Bonchev–Trinajstić information content (AvgIpc) is 2.34. The highest BCUT2D eigenvalue weighted by atomic mass is 79.9. The second kappa shape index (κ2) is 6.71. The summed E-state index contributed by atoms with van der Waals surface area (Å²) in [6.45, 7) is 4.09. The van der Waals surface area contributed by atoms with E-state index in [1.54, 1.807) is 0 Å². The van der Waals surface area contributed by atoms with Gasteiger partial charge in [0.05, 0.1) is 15.0 Å². The number of nitrogens with one attached hydrogen (secondary N) is 1. The van der Waals surface area contributed by atoms with Gasteiger partial charge in [0.15, 0.2) is 0 Å². The van der Waals surface area contributed by atoms with Crippen molar-refractivity contribution < 1.29 is 18.1 Å². The Morgan fingerprint density at radius 1 is 1.48 bits per heavy atom. The molecule has 0 saturated heterocycles. The predicted molar refractivity (Wildman–Crippen MR) is 81.0 cm³/mol. The Hall–Kier alpha value is -1.19. The largest absolute Gasteiger partial charge is 0.352 e. The smallest absolute Gasteiger partial charge is 0.271 e. The summed E-state index contributed by atoms with van der Waals surface area (Å²) in [6.07, 6.45) is 0. The maximum atomic E-state index is 12.0. The van der Waals surface area contributed by atoms with Crippen molar-refractivity contribution in [3.63, 3.8) is 0 Å². The number of benzene rings is 1. The number of hydrogen-bond donors (Lipinski definition) is 1. The van der Waals surface area contributed by atoms with E-state index < -0.39 is 30.5 Å². The summed E-state index contributed by atoms with van der Waals surface area (Å²) in [6, 6.07) is 1.79. The molecule has 1 N–H and O–H groups in total. The lowest BCUT2D eigenvalue weighted by Gasteiger charge is -2.10. The third kappa shape index (κ3) is 4.65. The van der Waals surface area contributed by atoms with E-state index in [1.165, 1.54) is 0 Å². The number of rotatable bonds is 5. The quantitative estimate of drug-likeness (QED) is 0.465. The molecular formula is C11H12BrClN2O5S. The molecule has 0 radical (unpaired) electrons. The number of halogens is 2. The fraction of sp³-hybridized carbons (Fsp3) is 0.364. The van der Waals surface area contributed by atoms with Gasteiger partial charge in [-0.3, -0.25) is 14.9 Å². The zero-order chi connectivity index (χ0) is 16.4. The molecule has 116 valence electrons. The molecule has 10 heteroatoms. The van der Waals surface area contributed by atoms with Crippen molar-refractivity contribution in [1.29, 1.82) is 0 Å². The Kier molecular flexibility index (Phi) is 5.71. The molecule has 1 rings (SSSR count). The molecule has 0 fully saturated rings. The van der Waals surface area contributed by atoms with Gasteiger partial charge in [-0.25, -0.2) is 8.42 Å². The van der Waals surface area contributed by atoms with Crippen LogP contribution in [0.25, 0.3) is 0 Å². The van der Waals surface area contributed by atoms with Crippen molar-refractivity contribution in [2.45, 2.75) is 18.7 Å². The van der Waals surface area contributed by atoms with Gasteiger partial charge in [0.1, 0.15) is 4.90 Å².